The number of carbonyl (C=O) groups is 1. The largest absolute Gasteiger partial charge is 0.495 e. The average Bonchev–Trinajstić information content (AvgIpc) is 3.41. The van der Waals surface area contributed by atoms with E-state index in [1.165, 1.54) is 25.3 Å². The second kappa shape index (κ2) is 6.99. The Kier molecular flexibility index (Phi) is 4.90. The van der Waals surface area contributed by atoms with E-state index in [0.717, 1.165) is 18.9 Å². The number of carbonyl (C=O) groups excluding carboxylic acids is 1. The first kappa shape index (κ1) is 18.2. The number of hydrogen-bond donors (Lipinski definition) is 1. The van der Waals surface area contributed by atoms with Gasteiger partial charge >= 0.3 is 0 Å². The zero-order chi connectivity index (χ0) is 18.9. The van der Waals surface area contributed by atoms with Crippen LogP contribution in [0, 0.1) is 12.7 Å². The Hall–Kier alpha value is -2.55. The molecular weight excluding hydrogens is 361 g/mol. The van der Waals surface area contributed by atoms with Crippen molar-refractivity contribution >= 4 is 15.9 Å². The van der Waals surface area contributed by atoms with Crippen LogP contribution >= 0.6 is 0 Å². The molecule has 1 amide bonds. The number of ether oxygens (including phenoxy) is 1. The summed E-state index contributed by atoms with van der Waals surface area (Å²) in [6, 6.07) is 5.48. The predicted molar refractivity (Wildman–Crippen MR) is 91.8 cm³/mol. The van der Waals surface area contributed by atoms with Crippen LogP contribution in [0.5, 0.6) is 5.75 Å². The number of halogens is 1. The number of nitrogens with one attached hydrogen (secondary N) is 1. The van der Waals surface area contributed by atoms with Crippen LogP contribution in [-0.2, 0) is 15.8 Å². The third-order valence-corrected chi connectivity index (χ3v) is 5.25. The summed E-state index contributed by atoms with van der Waals surface area (Å²) in [7, 11) is -2.57. The molecule has 1 N–H and O–H groups in total. The van der Waals surface area contributed by atoms with Crippen LogP contribution in [0.2, 0.25) is 0 Å². The van der Waals surface area contributed by atoms with Gasteiger partial charge in [-0.1, -0.05) is 12.1 Å². The standard InChI is InChI=1S/C17H18FN3O4S/c1-10-3-4-11(7-13(10)18)9-26(23,24)21-17(22)14-8-15(25-2)16(20-19-14)12-5-6-12/h3-4,7-8,12H,5-6,9H2,1-2H3,(H,21,22). The highest BCUT2D eigenvalue weighted by atomic mass is 32.2. The van der Waals surface area contributed by atoms with E-state index in [-0.39, 0.29) is 17.2 Å². The van der Waals surface area contributed by atoms with Crippen molar-refractivity contribution in [3.05, 3.63) is 52.6 Å². The van der Waals surface area contributed by atoms with Gasteiger partial charge in [-0.25, -0.2) is 17.5 Å². The maximum atomic E-state index is 13.6. The van der Waals surface area contributed by atoms with Gasteiger partial charge in [0.2, 0.25) is 10.0 Å². The molecule has 0 spiro atoms. The van der Waals surface area contributed by atoms with Crippen LogP contribution in [0.15, 0.2) is 24.3 Å². The molecule has 0 unspecified atom stereocenters. The number of amides is 1. The molecule has 7 nitrogen and oxygen atoms in total. The van der Waals surface area contributed by atoms with Crippen LogP contribution in [-0.4, -0.2) is 31.6 Å². The number of hydrogen-bond acceptors (Lipinski definition) is 6. The minimum Gasteiger partial charge on any atom is -0.495 e. The van der Waals surface area contributed by atoms with Crippen molar-refractivity contribution in [3.63, 3.8) is 0 Å². The molecule has 1 aromatic heterocycles. The SMILES string of the molecule is COc1cc(C(=O)NS(=O)(=O)Cc2ccc(C)c(F)c2)nnc1C1CC1. The van der Waals surface area contributed by atoms with Crippen molar-refractivity contribution in [1.29, 1.82) is 0 Å². The third-order valence-electron chi connectivity index (χ3n) is 4.04. The molecule has 9 heteroatoms. The van der Waals surface area contributed by atoms with E-state index >= 15 is 0 Å². The lowest BCUT2D eigenvalue weighted by atomic mass is 10.2. The summed E-state index contributed by atoms with van der Waals surface area (Å²) in [6.45, 7) is 1.58. The quantitative estimate of drug-likeness (QED) is 0.825. The van der Waals surface area contributed by atoms with E-state index in [9.17, 15) is 17.6 Å². The molecular formula is C17H18FN3O4S. The minimum atomic E-state index is -4.02. The Bertz CT molecular complexity index is 958. The van der Waals surface area contributed by atoms with Crippen LogP contribution in [0.25, 0.3) is 0 Å². The Morgan fingerprint density at radius 2 is 2.04 bits per heavy atom. The van der Waals surface area contributed by atoms with E-state index in [0.29, 0.717) is 17.0 Å². The monoisotopic (exact) mass is 379 g/mol. The number of sulfonamides is 1. The van der Waals surface area contributed by atoms with Crippen molar-refractivity contribution in [2.24, 2.45) is 0 Å². The van der Waals surface area contributed by atoms with E-state index in [2.05, 4.69) is 10.2 Å². The first-order valence-electron chi connectivity index (χ1n) is 8.00. The van der Waals surface area contributed by atoms with Gasteiger partial charge in [0.05, 0.1) is 12.9 Å². The van der Waals surface area contributed by atoms with Gasteiger partial charge in [-0.3, -0.25) is 4.79 Å². The number of nitrogens with zero attached hydrogens (tertiary/aromatic N) is 2. The highest BCUT2D eigenvalue weighted by Crippen LogP contribution is 2.42. The summed E-state index contributed by atoms with van der Waals surface area (Å²) in [6.07, 6.45) is 1.97. The summed E-state index contributed by atoms with van der Waals surface area (Å²) in [5, 5.41) is 7.79. The van der Waals surface area contributed by atoms with Crippen molar-refractivity contribution < 1.29 is 22.3 Å². The molecule has 1 saturated carbocycles. The third kappa shape index (κ3) is 4.16. The highest BCUT2D eigenvalue weighted by molar-refractivity contribution is 7.89. The fraction of sp³-hybridized carbons (Fsp3) is 0.353. The van der Waals surface area contributed by atoms with Crippen LogP contribution in [0.4, 0.5) is 4.39 Å². The first-order chi connectivity index (χ1) is 12.3. The zero-order valence-corrected chi connectivity index (χ0v) is 15.1. The number of aromatic nitrogens is 2. The smallest absolute Gasteiger partial charge is 0.285 e. The summed E-state index contributed by atoms with van der Waals surface area (Å²) in [5.74, 6) is -1.26. The molecule has 3 rings (SSSR count). The molecule has 1 aliphatic carbocycles. The van der Waals surface area contributed by atoms with Crippen LogP contribution in [0.3, 0.4) is 0 Å². The molecule has 1 aliphatic rings. The summed E-state index contributed by atoms with van der Waals surface area (Å²) < 4.78 is 45.1. The molecule has 2 aromatic rings. The molecule has 0 aliphatic heterocycles. The van der Waals surface area contributed by atoms with Crippen LogP contribution in [0.1, 0.15) is 46.1 Å². The van der Waals surface area contributed by atoms with Gasteiger partial charge in [0.1, 0.15) is 17.3 Å². The first-order valence-corrected chi connectivity index (χ1v) is 9.66. The van der Waals surface area contributed by atoms with E-state index in [1.807, 2.05) is 4.72 Å². The molecule has 1 aromatic carbocycles. The van der Waals surface area contributed by atoms with Gasteiger partial charge in [-0.2, -0.15) is 5.10 Å². The summed E-state index contributed by atoms with van der Waals surface area (Å²) >= 11 is 0. The number of aryl methyl sites for hydroxylation is 1. The summed E-state index contributed by atoms with van der Waals surface area (Å²) in [5.41, 5.74) is 1.15. The lowest BCUT2D eigenvalue weighted by Gasteiger charge is -2.09. The molecule has 1 fully saturated rings. The second-order valence-electron chi connectivity index (χ2n) is 6.23. The van der Waals surface area contributed by atoms with Gasteiger partial charge in [0.15, 0.2) is 5.69 Å². The van der Waals surface area contributed by atoms with E-state index in [4.69, 9.17) is 4.74 Å². The zero-order valence-electron chi connectivity index (χ0n) is 14.3. The van der Waals surface area contributed by atoms with Crippen molar-refractivity contribution in [2.45, 2.75) is 31.4 Å². The Morgan fingerprint density at radius 3 is 2.65 bits per heavy atom. The Labute approximate surface area is 150 Å². The van der Waals surface area contributed by atoms with Gasteiger partial charge in [-0.05, 0) is 37.0 Å². The molecule has 0 atom stereocenters. The van der Waals surface area contributed by atoms with Gasteiger partial charge in [0.25, 0.3) is 5.91 Å². The molecule has 138 valence electrons. The van der Waals surface area contributed by atoms with Gasteiger partial charge in [-0.15, -0.1) is 5.10 Å². The fourth-order valence-electron chi connectivity index (χ4n) is 2.47. The lowest BCUT2D eigenvalue weighted by molar-refractivity contribution is 0.0975. The van der Waals surface area contributed by atoms with E-state index < -0.39 is 27.5 Å². The van der Waals surface area contributed by atoms with Crippen LogP contribution < -0.4 is 9.46 Å². The molecule has 0 bridgehead atoms. The van der Waals surface area contributed by atoms with Gasteiger partial charge in [0, 0.05) is 12.0 Å². The van der Waals surface area contributed by atoms with Crippen molar-refractivity contribution in [2.75, 3.05) is 7.11 Å². The minimum absolute atomic E-state index is 0.162. The molecule has 26 heavy (non-hydrogen) atoms. The maximum absolute atomic E-state index is 13.6. The predicted octanol–water partition coefficient (Wildman–Crippen LogP) is 2.07. The number of methoxy groups -OCH3 is 1. The van der Waals surface area contributed by atoms with Gasteiger partial charge < -0.3 is 4.74 Å². The fourth-order valence-corrected chi connectivity index (χ4v) is 3.55. The Morgan fingerprint density at radius 1 is 1.31 bits per heavy atom. The molecule has 0 saturated heterocycles. The van der Waals surface area contributed by atoms with Crippen molar-refractivity contribution in [3.8, 4) is 5.75 Å². The number of rotatable bonds is 6. The maximum Gasteiger partial charge on any atom is 0.285 e. The normalized spacial score (nSPS) is 14.1. The lowest BCUT2D eigenvalue weighted by Crippen LogP contribution is -2.32. The Balaban J connectivity index is 1.74. The molecule has 1 heterocycles. The average molecular weight is 379 g/mol. The number of benzene rings is 1. The highest BCUT2D eigenvalue weighted by Gasteiger charge is 2.30. The topological polar surface area (TPSA) is 98.2 Å². The molecule has 0 radical (unpaired) electrons. The van der Waals surface area contributed by atoms with E-state index in [1.54, 1.807) is 6.92 Å². The second-order valence-corrected chi connectivity index (χ2v) is 7.95. The summed E-state index contributed by atoms with van der Waals surface area (Å²) in [4.78, 5) is 12.2. The van der Waals surface area contributed by atoms with Crippen molar-refractivity contribution in [1.82, 2.24) is 14.9 Å².